The molecule has 0 spiro atoms. The molecule has 0 bridgehead atoms. The van der Waals surface area contributed by atoms with Crippen molar-refractivity contribution in [3.8, 4) is 0 Å². The van der Waals surface area contributed by atoms with Gasteiger partial charge in [-0.1, -0.05) is 18.2 Å². The third-order valence-corrected chi connectivity index (χ3v) is 4.73. The van der Waals surface area contributed by atoms with Gasteiger partial charge in [0, 0.05) is 4.90 Å². The molecule has 2 rings (SSSR count). The normalized spacial score (nSPS) is 33.4. The lowest BCUT2D eigenvalue weighted by Gasteiger charge is -2.18. The van der Waals surface area contributed by atoms with E-state index in [1.807, 2.05) is 25.1 Å². The first-order valence-electron chi connectivity index (χ1n) is 3.71. The maximum Gasteiger partial charge on any atom is 0.107 e. The zero-order valence-corrected chi connectivity index (χ0v) is 8.88. The highest BCUT2D eigenvalue weighted by Crippen LogP contribution is 2.53. The molecule has 1 aromatic carbocycles. The van der Waals surface area contributed by atoms with Crippen LogP contribution in [0, 0.1) is 0 Å². The first-order valence-corrected chi connectivity index (χ1v) is 5.41. The predicted molar refractivity (Wildman–Crippen MR) is 55.1 cm³/mol. The number of halogens is 2. The Hall–Kier alpha value is 0.150. The van der Waals surface area contributed by atoms with Crippen LogP contribution in [0.25, 0.3) is 0 Å². The van der Waals surface area contributed by atoms with E-state index in [4.69, 9.17) is 23.2 Å². The summed E-state index contributed by atoms with van der Waals surface area (Å²) in [6.45, 7) is 1.96. The molecule has 1 aliphatic heterocycles. The molecule has 0 saturated carbocycles. The van der Waals surface area contributed by atoms with Crippen LogP contribution in [0.2, 0.25) is 0 Å². The molecule has 0 aliphatic carbocycles. The zero-order valence-electron chi connectivity index (χ0n) is 6.55. The Morgan fingerprint density at radius 2 is 2.08 bits per heavy atom. The predicted octanol–water partition coefficient (Wildman–Crippen LogP) is 3.81. The maximum atomic E-state index is 6.30. The Kier molecular flexibility index (Phi) is 2.06. The molecule has 1 heterocycles. The second-order valence-electron chi connectivity index (χ2n) is 3.01. The summed E-state index contributed by atoms with van der Waals surface area (Å²) < 4.78 is -0.0587. The summed E-state index contributed by atoms with van der Waals surface area (Å²) in [5.41, 5.74) is 1.15. The molecule has 1 aliphatic rings. The van der Waals surface area contributed by atoms with Gasteiger partial charge in [0.05, 0.1) is 4.87 Å². The minimum Gasteiger partial charge on any atom is -0.112 e. The van der Waals surface area contributed by atoms with Crippen LogP contribution in [0.1, 0.15) is 12.5 Å². The van der Waals surface area contributed by atoms with Crippen molar-refractivity contribution in [2.75, 3.05) is 0 Å². The van der Waals surface area contributed by atoms with E-state index >= 15 is 0 Å². The van der Waals surface area contributed by atoms with Gasteiger partial charge in [-0.05, 0) is 18.6 Å². The third kappa shape index (κ3) is 1.15. The fourth-order valence-electron chi connectivity index (χ4n) is 1.32. The topological polar surface area (TPSA) is 0 Å². The van der Waals surface area contributed by atoms with Crippen molar-refractivity contribution < 1.29 is 0 Å². The summed E-state index contributed by atoms with van der Waals surface area (Å²) in [5.74, 6) is 0. The van der Waals surface area contributed by atoms with Crippen molar-refractivity contribution in [3.05, 3.63) is 29.8 Å². The molecular weight excluding hydrogens is 211 g/mol. The van der Waals surface area contributed by atoms with Crippen LogP contribution >= 0.6 is 35.0 Å². The van der Waals surface area contributed by atoms with Gasteiger partial charge in [-0.15, -0.1) is 35.0 Å². The van der Waals surface area contributed by atoms with E-state index in [-0.39, 0.29) is 4.71 Å². The van der Waals surface area contributed by atoms with Crippen molar-refractivity contribution in [1.29, 1.82) is 0 Å². The van der Waals surface area contributed by atoms with Gasteiger partial charge in [0.25, 0.3) is 0 Å². The molecule has 0 saturated heterocycles. The number of hydrogen-bond acceptors (Lipinski definition) is 1. The summed E-state index contributed by atoms with van der Waals surface area (Å²) >= 11 is 14.0. The molecule has 12 heavy (non-hydrogen) atoms. The fourth-order valence-corrected chi connectivity index (χ4v) is 3.21. The molecule has 64 valence electrons. The summed E-state index contributed by atoms with van der Waals surface area (Å²) in [6, 6.07) is 8.10. The van der Waals surface area contributed by atoms with Crippen LogP contribution in [0.3, 0.4) is 0 Å². The highest BCUT2D eigenvalue weighted by Gasteiger charge is 2.41. The van der Waals surface area contributed by atoms with Crippen molar-refractivity contribution in [1.82, 2.24) is 0 Å². The van der Waals surface area contributed by atoms with Crippen molar-refractivity contribution >= 4 is 35.0 Å². The van der Waals surface area contributed by atoms with Crippen LogP contribution in [-0.2, 0) is 4.87 Å². The average Bonchev–Trinajstić information content (AvgIpc) is 2.25. The van der Waals surface area contributed by atoms with Gasteiger partial charge >= 0.3 is 0 Å². The number of rotatable bonds is 0. The van der Waals surface area contributed by atoms with Gasteiger partial charge in [-0.3, -0.25) is 0 Å². The lowest BCUT2D eigenvalue weighted by Crippen LogP contribution is -2.18. The molecule has 2 atom stereocenters. The van der Waals surface area contributed by atoms with E-state index in [2.05, 4.69) is 6.07 Å². The van der Waals surface area contributed by atoms with Crippen molar-refractivity contribution in [2.45, 2.75) is 21.4 Å². The van der Waals surface area contributed by atoms with Crippen LogP contribution in [-0.4, -0.2) is 4.71 Å². The largest absolute Gasteiger partial charge is 0.112 e. The Labute approximate surface area is 86.3 Å². The summed E-state index contributed by atoms with van der Waals surface area (Å²) in [6.07, 6.45) is 0. The van der Waals surface area contributed by atoms with Gasteiger partial charge in [0.2, 0.25) is 0 Å². The molecule has 3 heteroatoms. The highest BCUT2D eigenvalue weighted by atomic mass is 35.5. The second kappa shape index (κ2) is 2.83. The first-order chi connectivity index (χ1) is 5.62. The molecule has 0 aromatic heterocycles. The quantitative estimate of drug-likeness (QED) is 0.598. The number of hydrogen-bond donors (Lipinski definition) is 0. The lowest BCUT2D eigenvalue weighted by atomic mass is 10.0. The van der Waals surface area contributed by atoms with E-state index in [0.29, 0.717) is 0 Å². The Morgan fingerprint density at radius 1 is 1.42 bits per heavy atom. The SMILES string of the molecule is CC1(Cl)c2ccccc2SC1Cl. The average molecular weight is 219 g/mol. The molecule has 0 radical (unpaired) electrons. The Morgan fingerprint density at radius 3 is 2.75 bits per heavy atom. The molecule has 0 fully saturated rings. The minimum atomic E-state index is -0.414. The molecular formula is C9H8Cl2S. The monoisotopic (exact) mass is 218 g/mol. The van der Waals surface area contributed by atoms with E-state index in [9.17, 15) is 0 Å². The van der Waals surface area contributed by atoms with Crippen molar-refractivity contribution in [3.63, 3.8) is 0 Å². The smallest absolute Gasteiger partial charge is 0.107 e. The second-order valence-corrected chi connectivity index (χ2v) is 5.63. The van der Waals surface area contributed by atoms with Gasteiger partial charge in [0.15, 0.2) is 0 Å². The number of benzene rings is 1. The molecule has 2 unspecified atom stereocenters. The Balaban J connectivity index is 2.55. The number of thioether (sulfide) groups is 1. The summed E-state index contributed by atoms with van der Waals surface area (Å²) in [4.78, 5) is 0.790. The van der Waals surface area contributed by atoms with Crippen LogP contribution < -0.4 is 0 Å². The van der Waals surface area contributed by atoms with E-state index in [1.165, 1.54) is 4.90 Å². The van der Waals surface area contributed by atoms with Gasteiger partial charge in [-0.2, -0.15) is 0 Å². The fraction of sp³-hybridized carbons (Fsp3) is 0.333. The molecule has 1 aromatic rings. The summed E-state index contributed by atoms with van der Waals surface area (Å²) in [5, 5.41) is 0. The van der Waals surface area contributed by atoms with Gasteiger partial charge < -0.3 is 0 Å². The van der Waals surface area contributed by atoms with Gasteiger partial charge in [-0.25, -0.2) is 0 Å². The van der Waals surface area contributed by atoms with E-state index in [1.54, 1.807) is 11.8 Å². The third-order valence-electron chi connectivity index (χ3n) is 2.07. The highest BCUT2D eigenvalue weighted by molar-refractivity contribution is 8.01. The maximum absolute atomic E-state index is 6.30. The number of fused-ring (bicyclic) bond motifs is 1. The molecule has 0 N–H and O–H groups in total. The first kappa shape index (κ1) is 8.74. The molecule has 0 nitrogen and oxygen atoms in total. The minimum absolute atomic E-state index is 0.0587. The standard InChI is InChI=1S/C9H8Cl2S/c1-9(11)6-4-2-3-5-7(6)12-8(9)10/h2-5,8H,1H3. The van der Waals surface area contributed by atoms with E-state index < -0.39 is 4.87 Å². The van der Waals surface area contributed by atoms with Crippen LogP contribution in [0.15, 0.2) is 29.2 Å². The summed E-state index contributed by atoms with van der Waals surface area (Å²) in [7, 11) is 0. The van der Waals surface area contributed by atoms with E-state index in [0.717, 1.165) is 5.56 Å². The van der Waals surface area contributed by atoms with Crippen LogP contribution in [0.4, 0.5) is 0 Å². The van der Waals surface area contributed by atoms with Crippen LogP contribution in [0.5, 0.6) is 0 Å². The zero-order chi connectivity index (χ0) is 8.77. The van der Waals surface area contributed by atoms with Crippen molar-refractivity contribution in [2.24, 2.45) is 0 Å². The lowest BCUT2D eigenvalue weighted by molar-refractivity contribution is 0.748. The Bertz CT molecular complexity index is 309. The molecule has 0 amide bonds. The van der Waals surface area contributed by atoms with Gasteiger partial charge in [0.1, 0.15) is 4.71 Å². The number of alkyl halides is 2.